The summed E-state index contributed by atoms with van der Waals surface area (Å²) in [5.41, 5.74) is 2.57. The van der Waals surface area contributed by atoms with E-state index in [0.717, 1.165) is 32.6 Å². The number of rotatable bonds is 3. The summed E-state index contributed by atoms with van der Waals surface area (Å²) < 4.78 is 7.49. The highest BCUT2D eigenvalue weighted by atomic mass is 16.5. The maximum absolute atomic E-state index is 5.38. The molecule has 0 unspecified atom stereocenters. The van der Waals surface area contributed by atoms with E-state index < -0.39 is 0 Å². The van der Waals surface area contributed by atoms with E-state index >= 15 is 0 Å². The third-order valence-corrected chi connectivity index (χ3v) is 3.04. The zero-order valence-corrected chi connectivity index (χ0v) is 9.49. The van der Waals surface area contributed by atoms with Crippen molar-refractivity contribution in [3.63, 3.8) is 0 Å². The third kappa shape index (κ3) is 2.21. The first-order valence-corrected chi connectivity index (χ1v) is 5.55. The standard InChI is InChI=1S/C11H19N3O/c1-12-7-10-11(13-8-14(10)2)9-3-5-15-6-4-9/h8-9,12H,3-7H2,1-2H3. The fraction of sp³-hybridized carbons (Fsp3) is 0.727. The number of aromatic nitrogens is 2. The quantitative estimate of drug-likeness (QED) is 0.808. The Kier molecular flexibility index (Phi) is 3.38. The van der Waals surface area contributed by atoms with E-state index in [9.17, 15) is 0 Å². The Morgan fingerprint density at radius 3 is 2.93 bits per heavy atom. The van der Waals surface area contributed by atoms with Crippen LogP contribution in [-0.4, -0.2) is 29.8 Å². The predicted molar refractivity (Wildman–Crippen MR) is 58.8 cm³/mol. The number of imidazole rings is 1. The van der Waals surface area contributed by atoms with Crippen LogP contribution in [0.25, 0.3) is 0 Å². The highest BCUT2D eigenvalue weighted by Crippen LogP contribution is 2.27. The Bertz CT molecular complexity index is 316. The lowest BCUT2D eigenvalue weighted by atomic mass is 9.95. The average molecular weight is 209 g/mol. The number of hydrogen-bond donors (Lipinski definition) is 1. The molecule has 2 rings (SSSR count). The molecule has 1 aliphatic heterocycles. The van der Waals surface area contributed by atoms with Crippen molar-refractivity contribution >= 4 is 0 Å². The molecule has 1 fully saturated rings. The molecule has 0 radical (unpaired) electrons. The summed E-state index contributed by atoms with van der Waals surface area (Å²) in [5.74, 6) is 0.586. The molecule has 4 nitrogen and oxygen atoms in total. The highest BCUT2D eigenvalue weighted by Gasteiger charge is 2.21. The number of nitrogens with zero attached hydrogens (tertiary/aromatic N) is 2. The van der Waals surface area contributed by atoms with E-state index in [4.69, 9.17) is 4.74 Å². The van der Waals surface area contributed by atoms with Gasteiger partial charge in [0.05, 0.1) is 17.7 Å². The average Bonchev–Trinajstić information content (AvgIpc) is 2.63. The van der Waals surface area contributed by atoms with Crippen molar-refractivity contribution in [2.75, 3.05) is 20.3 Å². The molecule has 0 saturated carbocycles. The van der Waals surface area contributed by atoms with Crippen LogP contribution in [0.1, 0.15) is 30.1 Å². The molecule has 0 bridgehead atoms. The Balaban J connectivity index is 2.18. The molecular weight excluding hydrogens is 190 g/mol. The second-order valence-corrected chi connectivity index (χ2v) is 4.10. The van der Waals surface area contributed by atoms with E-state index in [1.54, 1.807) is 0 Å². The van der Waals surface area contributed by atoms with Gasteiger partial charge in [-0.3, -0.25) is 0 Å². The van der Waals surface area contributed by atoms with E-state index in [2.05, 4.69) is 21.9 Å². The largest absolute Gasteiger partial charge is 0.381 e. The summed E-state index contributed by atoms with van der Waals surface area (Å²) in [5, 5.41) is 3.20. The van der Waals surface area contributed by atoms with E-state index in [-0.39, 0.29) is 0 Å². The Morgan fingerprint density at radius 2 is 2.27 bits per heavy atom. The first-order chi connectivity index (χ1) is 7.33. The minimum Gasteiger partial charge on any atom is -0.381 e. The van der Waals surface area contributed by atoms with E-state index in [1.807, 2.05) is 13.4 Å². The molecule has 1 N–H and O–H groups in total. The van der Waals surface area contributed by atoms with Gasteiger partial charge in [0, 0.05) is 32.7 Å². The summed E-state index contributed by atoms with van der Waals surface area (Å²) in [6, 6.07) is 0. The number of nitrogens with one attached hydrogen (secondary N) is 1. The smallest absolute Gasteiger partial charge is 0.0949 e. The normalized spacial score (nSPS) is 18.3. The van der Waals surface area contributed by atoms with Crippen molar-refractivity contribution in [2.24, 2.45) is 7.05 Å². The van der Waals surface area contributed by atoms with Crippen molar-refractivity contribution in [3.05, 3.63) is 17.7 Å². The lowest BCUT2D eigenvalue weighted by Crippen LogP contribution is -2.18. The summed E-state index contributed by atoms with van der Waals surface area (Å²) in [7, 11) is 4.03. The monoisotopic (exact) mass is 209 g/mol. The van der Waals surface area contributed by atoms with Gasteiger partial charge in [0.15, 0.2) is 0 Å². The zero-order valence-electron chi connectivity index (χ0n) is 9.49. The molecule has 1 aliphatic rings. The van der Waals surface area contributed by atoms with Gasteiger partial charge in [0.2, 0.25) is 0 Å². The van der Waals surface area contributed by atoms with Gasteiger partial charge in [0.25, 0.3) is 0 Å². The molecule has 1 aromatic rings. The van der Waals surface area contributed by atoms with Crippen LogP contribution in [0.2, 0.25) is 0 Å². The van der Waals surface area contributed by atoms with Crippen LogP contribution >= 0.6 is 0 Å². The number of hydrogen-bond acceptors (Lipinski definition) is 3. The Hall–Kier alpha value is -0.870. The molecule has 0 aromatic carbocycles. The minimum absolute atomic E-state index is 0.586. The van der Waals surface area contributed by atoms with Crippen LogP contribution in [0, 0.1) is 0 Å². The first-order valence-electron chi connectivity index (χ1n) is 5.55. The van der Waals surface area contributed by atoms with Crippen molar-refractivity contribution < 1.29 is 4.74 Å². The van der Waals surface area contributed by atoms with Crippen molar-refractivity contribution in [1.82, 2.24) is 14.9 Å². The van der Waals surface area contributed by atoms with Crippen LogP contribution in [0.5, 0.6) is 0 Å². The molecular formula is C11H19N3O. The minimum atomic E-state index is 0.586. The van der Waals surface area contributed by atoms with Gasteiger partial charge in [-0.05, 0) is 19.9 Å². The van der Waals surface area contributed by atoms with Gasteiger partial charge in [-0.15, -0.1) is 0 Å². The van der Waals surface area contributed by atoms with Gasteiger partial charge in [0.1, 0.15) is 0 Å². The molecule has 0 atom stereocenters. The fourth-order valence-electron chi connectivity index (χ4n) is 2.17. The number of ether oxygens (including phenoxy) is 1. The maximum atomic E-state index is 5.38. The van der Waals surface area contributed by atoms with Gasteiger partial charge in [-0.2, -0.15) is 0 Å². The molecule has 0 amide bonds. The van der Waals surface area contributed by atoms with Crippen molar-refractivity contribution in [1.29, 1.82) is 0 Å². The molecule has 0 spiro atoms. The second-order valence-electron chi connectivity index (χ2n) is 4.10. The van der Waals surface area contributed by atoms with E-state index in [0.29, 0.717) is 5.92 Å². The summed E-state index contributed by atoms with van der Waals surface area (Å²) in [4.78, 5) is 4.53. The second kappa shape index (κ2) is 4.77. The zero-order chi connectivity index (χ0) is 10.7. The van der Waals surface area contributed by atoms with Crippen LogP contribution in [0.15, 0.2) is 6.33 Å². The Morgan fingerprint density at radius 1 is 1.53 bits per heavy atom. The molecule has 84 valence electrons. The molecule has 2 heterocycles. The predicted octanol–water partition coefficient (Wildman–Crippen LogP) is 1.03. The highest BCUT2D eigenvalue weighted by molar-refractivity contribution is 5.18. The lowest BCUT2D eigenvalue weighted by Gasteiger charge is -2.21. The van der Waals surface area contributed by atoms with Crippen LogP contribution in [0.3, 0.4) is 0 Å². The number of aryl methyl sites for hydroxylation is 1. The van der Waals surface area contributed by atoms with Crippen molar-refractivity contribution in [2.45, 2.75) is 25.3 Å². The van der Waals surface area contributed by atoms with Crippen LogP contribution in [-0.2, 0) is 18.3 Å². The van der Waals surface area contributed by atoms with Crippen molar-refractivity contribution in [3.8, 4) is 0 Å². The SMILES string of the molecule is CNCc1c(C2CCOCC2)ncn1C. The lowest BCUT2D eigenvalue weighted by molar-refractivity contribution is 0.0843. The maximum Gasteiger partial charge on any atom is 0.0949 e. The topological polar surface area (TPSA) is 39.1 Å². The summed E-state index contributed by atoms with van der Waals surface area (Å²) in [6.45, 7) is 2.64. The fourth-order valence-corrected chi connectivity index (χ4v) is 2.17. The molecule has 0 aliphatic carbocycles. The molecule has 1 saturated heterocycles. The van der Waals surface area contributed by atoms with Crippen LogP contribution < -0.4 is 5.32 Å². The molecule has 15 heavy (non-hydrogen) atoms. The van der Waals surface area contributed by atoms with Gasteiger partial charge >= 0.3 is 0 Å². The summed E-state index contributed by atoms with van der Waals surface area (Å²) >= 11 is 0. The molecule has 1 aromatic heterocycles. The van der Waals surface area contributed by atoms with Gasteiger partial charge < -0.3 is 14.6 Å². The van der Waals surface area contributed by atoms with Gasteiger partial charge in [-0.1, -0.05) is 0 Å². The third-order valence-electron chi connectivity index (χ3n) is 3.04. The van der Waals surface area contributed by atoms with Gasteiger partial charge in [-0.25, -0.2) is 4.98 Å². The van der Waals surface area contributed by atoms with E-state index in [1.165, 1.54) is 11.4 Å². The molecule has 4 heteroatoms. The summed E-state index contributed by atoms with van der Waals surface area (Å²) in [6.07, 6.45) is 4.12. The van der Waals surface area contributed by atoms with Crippen LogP contribution in [0.4, 0.5) is 0 Å². The first kappa shape index (κ1) is 10.6. The Labute approximate surface area is 90.6 Å².